The van der Waals surface area contributed by atoms with Crippen molar-refractivity contribution in [2.75, 3.05) is 0 Å². The van der Waals surface area contributed by atoms with Gasteiger partial charge in [0.1, 0.15) is 5.82 Å². The molecule has 3 nitrogen and oxygen atoms in total. The summed E-state index contributed by atoms with van der Waals surface area (Å²) < 4.78 is 14.4. The Balaban J connectivity index is 2.23. The maximum atomic E-state index is 13.6. The maximum Gasteiger partial charge on any atom is 0.303 e. The SMILES string of the molecule is O=C(O)CCc1nc(-c2cc(Br)ccc2F)cs1. The summed E-state index contributed by atoms with van der Waals surface area (Å²) in [5, 5.41) is 11.0. The number of hydrogen-bond donors (Lipinski definition) is 1. The average Bonchev–Trinajstić information content (AvgIpc) is 2.78. The number of aromatic nitrogens is 1. The number of aliphatic carboxylic acids is 1. The molecule has 0 bridgehead atoms. The van der Waals surface area contributed by atoms with Gasteiger partial charge in [0.2, 0.25) is 0 Å². The molecule has 0 saturated carbocycles. The van der Waals surface area contributed by atoms with Crippen LogP contribution in [0.3, 0.4) is 0 Å². The molecule has 2 rings (SSSR count). The number of carboxylic acids is 1. The molecule has 0 radical (unpaired) electrons. The molecule has 6 heteroatoms. The number of carboxylic acid groups (broad SMARTS) is 1. The van der Waals surface area contributed by atoms with Crippen molar-refractivity contribution in [1.82, 2.24) is 4.98 Å². The first kappa shape index (κ1) is 13.2. The molecular formula is C12H9BrFNO2S. The zero-order valence-corrected chi connectivity index (χ0v) is 11.6. The minimum atomic E-state index is -0.861. The fraction of sp³-hybridized carbons (Fsp3) is 0.167. The summed E-state index contributed by atoms with van der Waals surface area (Å²) in [4.78, 5) is 14.7. The quantitative estimate of drug-likeness (QED) is 0.929. The van der Waals surface area contributed by atoms with Crippen LogP contribution in [0.1, 0.15) is 11.4 Å². The van der Waals surface area contributed by atoms with Crippen LogP contribution in [0.4, 0.5) is 4.39 Å². The molecule has 0 atom stereocenters. The molecule has 0 saturated heterocycles. The van der Waals surface area contributed by atoms with Crippen LogP contribution in [0.15, 0.2) is 28.1 Å². The lowest BCUT2D eigenvalue weighted by atomic mass is 10.1. The Kier molecular flexibility index (Phi) is 4.08. The van der Waals surface area contributed by atoms with Crippen LogP contribution in [0, 0.1) is 5.82 Å². The van der Waals surface area contributed by atoms with E-state index in [-0.39, 0.29) is 12.2 Å². The van der Waals surface area contributed by atoms with E-state index in [2.05, 4.69) is 20.9 Å². The Hall–Kier alpha value is -1.27. The first-order chi connectivity index (χ1) is 8.56. The van der Waals surface area contributed by atoms with Crippen LogP contribution in [-0.2, 0) is 11.2 Å². The largest absolute Gasteiger partial charge is 0.481 e. The highest BCUT2D eigenvalue weighted by Gasteiger charge is 2.10. The first-order valence-corrected chi connectivity index (χ1v) is 6.85. The summed E-state index contributed by atoms with van der Waals surface area (Å²) in [6.07, 6.45) is 0.406. The predicted molar refractivity (Wildman–Crippen MR) is 71.2 cm³/mol. The number of hydrogen-bond acceptors (Lipinski definition) is 3. The summed E-state index contributed by atoms with van der Waals surface area (Å²) >= 11 is 4.63. The number of rotatable bonds is 4. The molecule has 2 aromatic rings. The van der Waals surface area contributed by atoms with E-state index in [0.29, 0.717) is 22.7 Å². The van der Waals surface area contributed by atoms with Crippen molar-refractivity contribution in [2.45, 2.75) is 12.8 Å². The van der Waals surface area contributed by atoms with Gasteiger partial charge in [0, 0.05) is 21.8 Å². The first-order valence-electron chi connectivity index (χ1n) is 5.18. The van der Waals surface area contributed by atoms with Gasteiger partial charge in [-0.2, -0.15) is 0 Å². The Bertz CT molecular complexity index is 585. The molecule has 0 aliphatic heterocycles. The zero-order valence-electron chi connectivity index (χ0n) is 9.19. The second kappa shape index (κ2) is 5.58. The normalized spacial score (nSPS) is 10.6. The summed E-state index contributed by atoms with van der Waals surface area (Å²) in [7, 11) is 0. The van der Waals surface area contributed by atoms with Crippen molar-refractivity contribution in [3.63, 3.8) is 0 Å². The fourth-order valence-corrected chi connectivity index (χ4v) is 2.62. The third kappa shape index (κ3) is 3.14. The Morgan fingerprint density at radius 3 is 3.00 bits per heavy atom. The fourth-order valence-electron chi connectivity index (χ4n) is 1.46. The van der Waals surface area contributed by atoms with Crippen LogP contribution in [0.25, 0.3) is 11.3 Å². The molecule has 1 N–H and O–H groups in total. The Morgan fingerprint density at radius 1 is 1.50 bits per heavy atom. The van der Waals surface area contributed by atoms with Crippen molar-refractivity contribution in [3.05, 3.63) is 38.9 Å². The van der Waals surface area contributed by atoms with Crippen LogP contribution in [-0.4, -0.2) is 16.1 Å². The van der Waals surface area contributed by atoms with Gasteiger partial charge < -0.3 is 5.11 Å². The number of thiazole rings is 1. The minimum Gasteiger partial charge on any atom is -0.481 e. The van der Waals surface area contributed by atoms with E-state index >= 15 is 0 Å². The standard InChI is InChI=1S/C12H9BrFNO2S/c13-7-1-2-9(14)8(5-7)10-6-18-11(15-10)3-4-12(16)17/h1-2,5-6H,3-4H2,(H,16,17). The van der Waals surface area contributed by atoms with Crippen LogP contribution >= 0.6 is 27.3 Å². The molecular weight excluding hydrogens is 321 g/mol. The number of carbonyl (C=O) groups is 1. The molecule has 94 valence electrons. The van der Waals surface area contributed by atoms with Gasteiger partial charge in [-0.25, -0.2) is 9.37 Å². The van der Waals surface area contributed by atoms with Gasteiger partial charge in [0.05, 0.1) is 17.1 Å². The van der Waals surface area contributed by atoms with Crippen molar-refractivity contribution >= 4 is 33.2 Å². The van der Waals surface area contributed by atoms with Crippen LogP contribution in [0.5, 0.6) is 0 Å². The van der Waals surface area contributed by atoms with E-state index in [0.717, 1.165) is 4.47 Å². The van der Waals surface area contributed by atoms with Gasteiger partial charge in [-0.1, -0.05) is 15.9 Å². The topological polar surface area (TPSA) is 50.2 Å². The highest BCUT2D eigenvalue weighted by atomic mass is 79.9. The molecule has 1 aromatic heterocycles. The summed E-state index contributed by atoms with van der Waals surface area (Å²) in [5.41, 5.74) is 0.960. The highest BCUT2D eigenvalue weighted by molar-refractivity contribution is 9.10. The smallest absolute Gasteiger partial charge is 0.303 e. The Labute approximate surface area is 115 Å². The van der Waals surface area contributed by atoms with Crippen molar-refractivity contribution < 1.29 is 14.3 Å². The van der Waals surface area contributed by atoms with E-state index in [4.69, 9.17) is 5.11 Å². The predicted octanol–water partition coefficient (Wildman–Crippen LogP) is 3.73. The minimum absolute atomic E-state index is 0.0356. The van der Waals surface area contributed by atoms with E-state index < -0.39 is 5.97 Å². The van der Waals surface area contributed by atoms with Crippen molar-refractivity contribution in [2.24, 2.45) is 0 Å². The third-order valence-corrected chi connectivity index (χ3v) is 3.71. The molecule has 1 aromatic carbocycles. The lowest BCUT2D eigenvalue weighted by Crippen LogP contribution is -1.97. The van der Waals surface area contributed by atoms with Crippen molar-refractivity contribution in [1.29, 1.82) is 0 Å². The van der Waals surface area contributed by atoms with E-state index in [1.165, 1.54) is 17.4 Å². The molecule has 0 fully saturated rings. The molecule has 0 spiro atoms. The molecule has 0 aliphatic rings. The van der Waals surface area contributed by atoms with E-state index in [1.54, 1.807) is 17.5 Å². The molecule has 0 unspecified atom stereocenters. The van der Waals surface area contributed by atoms with Gasteiger partial charge in [-0.3, -0.25) is 4.79 Å². The molecule has 0 aliphatic carbocycles. The van der Waals surface area contributed by atoms with E-state index in [9.17, 15) is 9.18 Å². The van der Waals surface area contributed by atoms with Gasteiger partial charge in [-0.05, 0) is 18.2 Å². The van der Waals surface area contributed by atoms with E-state index in [1.807, 2.05) is 0 Å². The number of aryl methyl sites for hydroxylation is 1. The second-order valence-corrected chi connectivity index (χ2v) is 5.50. The summed E-state index contributed by atoms with van der Waals surface area (Å²) in [6.45, 7) is 0. The summed E-state index contributed by atoms with van der Waals surface area (Å²) in [5.74, 6) is -1.20. The van der Waals surface area contributed by atoms with Gasteiger partial charge >= 0.3 is 5.97 Å². The maximum absolute atomic E-state index is 13.6. The number of benzene rings is 1. The van der Waals surface area contributed by atoms with Gasteiger partial charge in [0.25, 0.3) is 0 Å². The zero-order chi connectivity index (χ0) is 13.1. The lowest BCUT2D eigenvalue weighted by molar-refractivity contribution is -0.136. The number of halogens is 2. The van der Waals surface area contributed by atoms with Gasteiger partial charge in [-0.15, -0.1) is 11.3 Å². The molecule has 1 heterocycles. The number of nitrogens with zero attached hydrogens (tertiary/aromatic N) is 1. The highest BCUT2D eigenvalue weighted by Crippen LogP contribution is 2.27. The summed E-state index contributed by atoms with van der Waals surface area (Å²) in [6, 6.07) is 4.65. The van der Waals surface area contributed by atoms with Crippen molar-refractivity contribution in [3.8, 4) is 11.3 Å². The van der Waals surface area contributed by atoms with Crippen LogP contribution < -0.4 is 0 Å². The third-order valence-electron chi connectivity index (χ3n) is 2.31. The van der Waals surface area contributed by atoms with Crippen LogP contribution in [0.2, 0.25) is 0 Å². The molecule has 18 heavy (non-hydrogen) atoms. The average molecular weight is 330 g/mol. The molecule has 0 amide bonds. The lowest BCUT2D eigenvalue weighted by Gasteiger charge is -1.99. The van der Waals surface area contributed by atoms with Gasteiger partial charge in [0.15, 0.2) is 0 Å². The monoisotopic (exact) mass is 329 g/mol. The Morgan fingerprint density at radius 2 is 2.28 bits per heavy atom. The second-order valence-electron chi connectivity index (χ2n) is 3.64.